The number of carbonyl (C=O) groups excluding carboxylic acids is 5. The first-order valence-corrected chi connectivity index (χ1v) is 21.8. The highest BCUT2D eigenvalue weighted by Crippen LogP contribution is 2.34. The molecule has 1 fully saturated rings. The summed E-state index contributed by atoms with van der Waals surface area (Å²) in [6.07, 6.45) is 1.88. The Labute approximate surface area is 349 Å². The van der Waals surface area contributed by atoms with E-state index in [1.165, 1.54) is 28.6 Å². The van der Waals surface area contributed by atoms with Gasteiger partial charge in [-0.3, -0.25) is 24.2 Å². The molecule has 2 bridgehead atoms. The zero-order valence-corrected chi connectivity index (χ0v) is 37.1. The fraction of sp³-hybridized carbons (Fsp3) is 0.682. The molecule has 58 heavy (non-hydrogen) atoms. The number of thioether (sulfide) groups is 1. The molecule has 3 aliphatic rings. The van der Waals surface area contributed by atoms with Gasteiger partial charge in [0.2, 0.25) is 23.6 Å². The maximum atomic E-state index is 14.5. The van der Waals surface area contributed by atoms with Gasteiger partial charge < -0.3 is 34.6 Å². The zero-order valence-electron chi connectivity index (χ0n) is 36.3. The number of aliphatic hydroxyl groups excluding tert-OH is 1. The predicted molar refractivity (Wildman–Crippen MR) is 227 cm³/mol. The molecule has 1 aromatic carbocycles. The van der Waals surface area contributed by atoms with Crippen molar-refractivity contribution in [2.24, 2.45) is 22.2 Å². The van der Waals surface area contributed by atoms with Crippen LogP contribution in [0.2, 0.25) is 0 Å². The van der Waals surface area contributed by atoms with Gasteiger partial charge in [0.15, 0.2) is 0 Å². The van der Waals surface area contributed by atoms with Gasteiger partial charge in [0.1, 0.15) is 36.0 Å². The van der Waals surface area contributed by atoms with Gasteiger partial charge in [-0.2, -0.15) is 0 Å². The third-order valence-corrected chi connectivity index (χ3v) is 13.3. The van der Waals surface area contributed by atoms with Crippen LogP contribution in [-0.2, 0) is 35.1 Å². The second-order valence-electron chi connectivity index (χ2n) is 17.6. The van der Waals surface area contributed by atoms with Crippen LogP contribution in [0, 0.1) is 17.3 Å². The molecule has 1 saturated heterocycles. The van der Waals surface area contributed by atoms with Crippen LogP contribution in [0.15, 0.2) is 41.4 Å². The number of methoxy groups -OCH3 is 1. The summed E-state index contributed by atoms with van der Waals surface area (Å²) in [5.74, 6) is -1.06. The highest BCUT2D eigenvalue weighted by atomic mass is 32.2. The minimum absolute atomic E-state index is 0.0470. The van der Waals surface area contributed by atoms with Crippen LogP contribution in [-0.4, -0.2) is 130 Å². The Morgan fingerprint density at radius 1 is 1.02 bits per heavy atom. The standard InChI is InChI=1S/C44H67N5O8S/c1-12-27(3)38-42(54)49-21-13-14-34(49)43(55)57-36(44(6,7)8)23-26(2)22-35(50)28(4)39-45-31(25-58-39)17-20-37(51)46-33(24-30-15-18-32(56-11)19-16-30)41(53)47(9)29(5)40(52)48(38)10/h15-16,18-19,26-27,29,31,33-36,38,50H,4,12-14,17,20-25H2,1-3,5-11H3,(H,46,51)/t26-,27-,29-,31-,33-,34-,35-,36-,38-/m0/s1. The summed E-state index contributed by atoms with van der Waals surface area (Å²) in [4.78, 5) is 79.8. The van der Waals surface area contributed by atoms with Crippen molar-refractivity contribution >= 4 is 46.4 Å². The fourth-order valence-corrected chi connectivity index (χ4v) is 9.06. The van der Waals surface area contributed by atoms with Crippen molar-refractivity contribution in [3.8, 4) is 5.75 Å². The number of esters is 1. The summed E-state index contributed by atoms with van der Waals surface area (Å²) in [6.45, 7) is 18.0. The first-order valence-electron chi connectivity index (χ1n) is 20.8. The lowest BCUT2D eigenvalue weighted by Crippen LogP contribution is -2.59. The first-order chi connectivity index (χ1) is 27.3. The van der Waals surface area contributed by atoms with Crippen molar-refractivity contribution < 1.29 is 38.6 Å². The van der Waals surface area contributed by atoms with Crippen LogP contribution in [0.3, 0.4) is 0 Å². The topological polar surface area (TPSA) is 158 Å². The van der Waals surface area contributed by atoms with E-state index in [1.807, 2.05) is 53.7 Å². The van der Waals surface area contributed by atoms with Crippen LogP contribution in [0.1, 0.15) is 99.0 Å². The summed E-state index contributed by atoms with van der Waals surface area (Å²) >= 11 is 1.50. The number of hydrogen-bond acceptors (Lipinski definition) is 10. The van der Waals surface area contributed by atoms with Crippen LogP contribution in [0.25, 0.3) is 0 Å². The summed E-state index contributed by atoms with van der Waals surface area (Å²) in [5.41, 5.74) is 0.889. The number of cyclic esters (lactones) is 1. The van der Waals surface area contributed by atoms with E-state index >= 15 is 0 Å². The van der Waals surface area contributed by atoms with Crippen molar-refractivity contribution in [3.63, 3.8) is 0 Å². The van der Waals surface area contributed by atoms with E-state index in [9.17, 15) is 29.1 Å². The van der Waals surface area contributed by atoms with Crippen LogP contribution in [0.5, 0.6) is 5.75 Å². The number of fused-ring (bicyclic) bond motifs is 2. The molecule has 4 amide bonds. The lowest BCUT2D eigenvalue weighted by Gasteiger charge is -2.39. The largest absolute Gasteiger partial charge is 0.497 e. The minimum atomic E-state index is -0.991. The van der Waals surface area contributed by atoms with Crippen molar-refractivity contribution in [3.05, 3.63) is 42.0 Å². The third-order valence-electron chi connectivity index (χ3n) is 12.1. The highest BCUT2D eigenvalue weighted by molar-refractivity contribution is 8.14. The molecule has 0 spiro atoms. The molecule has 3 heterocycles. The molecule has 0 aromatic heterocycles. The summed E-state index contributed by atoms with van der Waals surface area (Å²) in [5, 5.41) is 14.9. The summed E-state index contributed by atoms with van der Waals surface area (Å²) in [7, 11) is 4.68. The number of aliphatic hydroxyl groups is 1. The number of rotatable bonds is 5. The van der Waals surface area contributed by atoms with Crippen LogP contribution < -0.4 is 10.1 Å². The van der Waals surface area contributed by atoms with E-state index in [4.69, 9.17) is 14.5 Å². The van der Waals surface area contributed by atoms with E-state index in [-0.39, 0.29) is 42.5 Å². The van der Waals surface area contributed by atoms with Crippen molar-refractivity contribution in [2.75, 3.05) is 33.5 Å². The molecule has 13 nitrogen and oxygen atoms in total. The molecule has 0 radical (unpaired) electrons. The molecule has 1 aromatic rings. The van der Waals surface area contributed by atoms with E-state index in [2.05, 4.69) is 11.9 Å². The monoisotopic (exact) mass is 825 g/mol. The number of nitrogens with one attached hydrogen (secondary N) is 1. The third kappa shape index (κ3) is 11.6. The Morgan fingerprint density at radius 2 is 1.69 bits per heavy atom. The predicted octanol–water partition coefficient (Wildman–Crippen LogP) is 5.03. The number of benzene rings is 1. The molecule has 14 heteroatoms. The van der Waals surface area contributed by atoms with Crippen molar-refractivity contribution in [1.82, 2.24) is 20.0 Å². The minimum Gasteiger partial charge on any atom is -0.497 e. The van der Waals surface area contributed by atoms with Gasteiger partial charge in [-0.05, 0) is 74.0 Å². The number of hydrogen-bond donors (Lipinski definition) is 2. The number of nitrogens with zero attached hydrogens (tertiary/aromatic N) is 4. The van der Waals surface area contributed by atoms with E-state index in [0.717, 1.165) is 5.56 Å². The zero-order chi connectivity index (χ0) is 43.1. The van der Waals surface area contributed by atoms with Crippen LogP contribution >= 0.6 is 11.8 Å². The molecule has 4 rings (SSSR count). The Balaban J connectivity index is 1.69. The number of likely N-dealkylation sites (N-methyl/N-ethyl adjacent to an activating group) is 2. The van der Waals surface area contributed by atoms with Crippen molar-refractivity contribution in [2.45, 2.75) is 142 Å². The molecule has 0 saturated carbocycles. The molecule has 9 atom stereocenters. The maximum Gasteiger partial charge on any atom is 0.329 e. The maximum absolute atomic E-state index is 14.5. The van der Waals surface area contributed by atoms with Gasteiger partial charge in [0, 0.05) is 44.8 Å². The van der Waals surface area contributed by atoms with Gasteiger partial charge in [0.25, 0.3) is 0 Å². The molecule has 0 unspecified atom stereocenters. The Hall–Kier alpha value is -3.91. The van der Waals surface area contributed by atoms with Gasteiger partial charge in [-0.25, -0.2) is 4.79 Å². The Bertz CT molecular complexity index is 1680. The Kier molecular flexibility index (Phi) is 16.4. The normalized spacial score (nSPS) is 29.9. The fourth-order valence-electron chi connectivity index (χ4n) is 7.92. The first kappa shape index (κ1) is 46.8. The van der Waals surface area contributed by atoms with Gasteiger partial charge in [-0.15, -0.1) is 11.8 Å². The number of carbonyl (C=O) groups is 5. The highest BCUT2D eigenvalue weighted by Gasteiger charge is 2.44. The molecular weight excluding hydrogens is 759 g/mol. The van der Waals surface area contributed by atoms with E-state index in [0.29, 0.717) is 67.2 Å². The smallest absolute Gasteiger partial charge is 0.329 e. The summed E-state index contributed by atoms with van der Waals surface area (Å²) in [6, 6.07) is 3.37. The van der Waals surface area contributed by atoms with Gasteiger partial charge in [0.05, 0.1) is 24.3 Å². The number of amides is 4. The van der Waals surface area contributed by atoms with E-state index in [1.54, 1.807) is 38.1 Å². The second-order valence-corrected chi connectivity index (χ2v) is 18.6. The summed E-state index contributed by atoms with van der Waals surface area (Å²) < 4.78 is 11.6. The van der Waals surface area contributed by atoms with Gasteiger partial charge >= 0.3 is 5.97 Å². The molecule has 0 aliphatic carbocycles. The number of aliphatic imine (C=N–C) groups is 1. The van der Waals surface area contributed by atoms with Crippen LogP contribution in [0.4, 0.5) is 0 Å². The molecule has 3 aliphatic heterocycles. The Morgan fingerprint density at radius 3 is 2.31 bits per heavy atom. The van der Waals surface area contributed by atoms with Gasteiger partial charge in [-0.1, -0.05) is 66.7 Å². The SMILES string of the molecule is C=C1C2=N[C@@H](CCC(=O)N[C@@H](Cc3ccc(OC)cc3)C(=O)N(C)[C@@H](C)C(=O)N(C)[C@@H]([C@@H](C)CC)C(=O)N3CCC[C@H]3C(=O)O[C@H](C(C)(C)C)C[C@@H](C)C[C@@H]1O)CS2. The number of ether oxygens (including phenoxy) is 2. The molecule has 322 valence electrons. The lowest BCUT2D eigenvalue weighted by atomic mass is 9.82. The molecule has 2 N–H and O–H groups in total. The molecular formula is C44H67N5O8S. The average Bonchev–Trinajstić information content (AvgIpc) is 3.88. The van der Waals surface area contributed by atoms with Crippen molar-refractivity contribution in [1.29, 1.82) is 0 Å². The second kappa shape index (κ2) is 20.4. The van der Waals surface area contributed by atoms with E-state index < -0.39 is 59.6 Å². The quantitative estimate of drug-likeness (QED) is 0.389. The lowest BCUT2D eigenvalue weighted by molar-refractivity contribution is -0.166. The average molecular weight is 826 g/mol.